The number of aromatic nitrogens is 8. The summed E-state index contributed by atoms with van der Waals surface area (Å²) >= 11 is 0. The van der Waals surface area contributed by atoms with E-state index in [4.69, 9.17) is 19.9 Å². The molecule has 4 radical (unpaired) electrons. The van der Waals surface area contributed by atoms with E-state index in [1.165, 1.54) is 102 Å². The molecule has 0 aliphatic heterocycles. The number of rotatable bonds is 19. The average Bonchev–Trinajstić information content (AvgIpc) is 1.56. The van der Waals surface area contributed by atoms with Crippen LogP contribution in [-0.4, -0.2) is 72.2 Å². The zero-order valence-corrected chi connectivity index (χ0v) is 102. The Kier molecular flexibility index (Phi) is 48.7. The van der Waals surface area contributed by atoms with E-state index >= 15 is 0 Å². The molecule has 1 fully saturated rings. The summed E-state index contributed by atoms with van der Waals surface area (Å²) in [7, 11) is -5.49. The Morgan fingerprint density at radius 2 is 0.596 bits per heavy atom. The maximum absolute atomic E-state index is 4.83. The van der Waals surface area contributed by atoms with Crippen molar-refractivity contribution in [3.8, 4) is 112 Å². The molecular weight excluding hydrogens is 2550 g/mol. The van der Waals surface area contributed by atoms with Gasteiger partial charge in [-0.1, -0.05) is 309 Å². The molecule has 18 aromatic rings. The van der Waals surface area contributed by atoms with E-state index in [1.807, 2.05) is 194 Å². The maximum atomic E-state index is 4.83. The van der Waals surface area contributed by atoms with E-state index in [1.54, 1.807) is 35.5 Å². The number of hydrogen-bond acceptors (Lipinski definition) is 8. The Balaban J connectivity index is 0.000000206. The molecule has 0 spiro atoms. The molecule has 0 unspecified atom stereocenters. The minimum absolute atomic E-state index is 0. The van der Waals surface area contributed by atoms with Crippen molar-refractivity contribution in [3.05, 3.63) is 458 Å². The van der Waals surface area contributed by atoms with Gasteiger partial charge in [0.2, 0.25) is 0 Å². The molecule has 1 aliphatic rings. The predicted octanol–water partition coefficient (Wildman–Crippen LogP) is 31.7. The van der Waals surface area contributed by atoms with Crippen molar-refractivity contribution in [2.24, 2.45) is 5.92 Å². The maximum Gasteiger partial charge on any atom is 0.0799 e. The molecule has 10 aromatic carbocycles. The van der Waals surface area contributed by atoms with Crippen molar-refractivity contribution in [1.29, 1.82) is 0 Å². The monoisotopic (exact) mass is 2690 g/mol. The Morgan fingerprint density at radius 3 is 0.918 bits per heavy atom. The summed E-state index contributed by atoms with van der Waals surface area (Å²) in [6, 6.07) is 132. The molecule has 0 saturated heterocycles. The quantitative estimate of drug-likeness (QED) is 0.0583. The summed E-state index contributed by atoms with van der Waals surface area (Å²) in [5, 5.41) is 5.98. The Hall–Kier alpha value is -11.1. The van der Waals surface area contributed by atoms with Crippen LogP contribution < -0.4 is 20.7 Å². The second kappa shape index (κ2) is 59.2. The van der Waals surface area contributed by atoms with Gasteiger partial charge in [-0.2, -0.15) is 0 Å². The first kappa shape index (κ1) is 120. The fourth-order valence-electron chi connectivity index (χ4n) is 17.3. The summed E-state index contributed by atoms with van der Waals surface area (Å²) in [5.41, 5.74) is 32.3. The van der Waals surface area contributed by atoms with Crippen molar-refractivity contribution in [1.82, 2.24) is 39.9 Å². The van der Waals surface area contributed by atoms with Gasteiger partial charge in [0.1, 0.15) is 0 Å². The van der Waals surface area contributed by atoms with Crippen molar-refractivity contribution < 1.29 is 80.4 Å². The molecule has 19 rings (SSSR count). The first-order valence-corrected chi connectivity index (χ1v) is 63.9. The second-order valence-electron chi connectivity index (χ2n) is 41.0. The van der Waals surface area contributed by atoms with Crippen LogP contribution in [0.25, 0.3) is 112 Å². The smallest absolute Gasteiger partial charge is 0.0799 e. The fourth-order valence-corrected chi connectivity index (χ4v) is 23.8. The number of aryl methyl sites for hydroxylation is 5. The SMILES string of the molecule is CC(C)c1cc(-c2[c-]ccc(-c3ccccc3)c2)ncc1[Si](C)(C)C.CCc1cc(-c2[c-]ccc(-c3ccccc3)c2)ncc1[Si](C)(C)C.Cc1[c-]c(-c2cc(C3CCCC3)c([Si](C)(C)C)cn2)cc(C)c1.Cc1[c-]c(-c2cc(CC(C)C)c([Si](C)(C)C)cn2)cc(C)c1.[Ir].[Ir].[Ir].[Ir].[c-]1ccccc1-c1ccccn1.[c-]1ccccc1-c1ccccn1.[c-]1ccccc1-c1ccccn1.[c-]1ccccc1-c1ccccn1. The average molecular weight is 2690 g/mol. The molecule has 758 valence electrons. The molecule has 8 aromatic heterocycles. The molecule has 16 heteroatoms. The van der Waals surface area contributed by atoms with E-state index in [0.717, 1.165) is 109 Å². The van der Waals surface area contributed by atoms with Gasteiger partial charge in [-0.3, -0.25) is 0 Å². The Morgan fingerprint density at radius 1 is 0.281 bits per heavy atom. The summed E-state index contributed by atoms with van der Waals surface area (Å²) in [6.07, 6.45) is 23.3. The molecule has 146 heavy (non-hydrogen) atoms. The topological polar surface area (TPSA) is 103 Å². The van der Waals surface area contributed by atoms with Gasteiger partial charge in [0, 0.05) is 130 Å². The number of pyridine rings is 8. The van der Waals surface area contributed by atoms with Gasteiger partial charge >= 0.3 is 0 Å². The zero-order valence-electron chi connectivity index (χ0n) is 88.5. The van der Waals surface area contributed by atoms with E-state index in [9.17, 15) is 0 Å². The largest absolute Gasteiger partial charge is 0.305 e. The summed E-state index contributed by atoms with van der Waals surface area (Å²) in [5.74, 6) is 1.90. The standard InChI is InChI=1S/C23H26NSi.C22H24NSi.C21H28NSi.C20H28NSi.4C11H8N.4Ir/c1-17(2)21-15-22(24-16-23(21)25(3,4)5)20-13-9-12-19(14-20)18-10-7-6-8-11-18;1-5-17-15-21(23-16-22(17)24(2,3)4)20-13-9-12-19(14-20)18-10-7-6-8-11-18;1-15-10-16(2)12-18(11-15)20-13-19(17-8-6-7-9-17)21(14-22-20)23(3,4)5;1-14(2)8-18-12-19(21-13-20(18)22(5,6)7)17-10-15(3)9-16(4)11-17;4*1-2-6-10(7-3-1)11-8-4-5-9-12-11;;;;/h6-12,14-17H,1-5H3;6-12,14-16H,5H2,1-4H3;10-11,13-14,17H,6-9H2,1-5H3;9-10,12-14H,8H2,1-7H3;4*1-6,8-9H;;;;/q8*-1;;;;. The molecule has 0 N–H and O–H groups in total. The van der Waals surface area contributed by atoms with Crippen molar-refractivity contribution in [2.45, 2.75) is 191 Å². The van der Waals surface area contributed by atoms with Crippen LogP contribution in [-0.2, 0) is 93.3 Å². The zero-order chi connectivity index (χ0) is 101. The minimum Gasteiger partial charge on any atom is -0.305 e. The van der Waals surface area contributed by atoms with Crippen molar-refractivity contribution in [2.75, 3.05) is 0 Å². The van der Waals surface area contributed by atoms with Crippen molar-refractivity contribution in [3.63, 3.8) is 0 Å². The van der Waals surface area contributed by atoms with Gasteiger partial charge in [0.15, 0.2) is 0 Å². The van der Waals surface area contributed by atoms with E-state index in [-0.39, 0.29) is 80.4 Å². The first-order valence-electron chi connectivity index (χ1n) is 49.9. The third kappa shape index (κ3) is 37.0. The van der Waals surface area contributed by atoms with E-state index in [0.29, 0.717) is 11.8 Å². The van der Waals surface area contributed by atoms with Crippen LogP contribution in [0.1, 0.15) is 117 Å². The minimum atomic E-state index is -1.40. The van der Waals surface area contributed by atoms with Gasteiger partial charge in [-0.15, -0.1) is 284 Å². The van der Waals surface area contributed by atoms with Crippen LogP contribution in [0.3, 0.4) is 0 Å². The number of hydrogen-bond donors (Lipinski definition) is 0. The predicted molar refractivity (Wildman–Crippen MR) is 613 cm³/mol. The van der Waals surface area contributed by atoms with Crippen LogP contribution in [0.2, 0.25) is 78.6 Å². The van der Waals surface area contributed by atoms with E-state index in [2.05, 4.69) is 355 Å². The van der Waals surface area contributed by atoms with Gasteiger partial charge < -0.3 is 39.9 Å². The van der Waals surface area contributed by atoms with Crippen LogP contribution >= 0.6 is 0 Å². The number of benzene rings is 10. The third-order valence-electron chi connectivity index (χ3n) is 24.3. The summed E-state index contributed by atoms with van der Waals surface area (Å²) in [6.45, 7) is 48.7. The fraction of sp³-hybridized carbons (Fsp3) is 0.231. The third-order valence-corrected chi connectivity index (χ3v) is 32.5. The Labute approximate surface area is 932 Å². The molecule has 0 bridgehead atoms. The first-order chi connectivity index (χ1) is 68.2. The van der Waals surface area contributed by atoms with Gasteiger partial charge in [0.25, 0.3) is 0 Å². The molecule has 1 aliphatic carbocycles. The second-order valence-corrected chi connectivity index (χ2v) is 61.2. The Bertz CT molecular complexity index is 6420. The molecule has 0 atom stereocenters. The van der Waals surface area contributed by atoms with Crippen molar-refractivity contribution >= 4 is 53.0 Å². The number of nitrogens with zero attached hydrogens (tertiary/aromatic N) is 8. The molecule has 8 heterocycles. The van der Waals surface area contributed by atoms with Crippen LogP contribution in [0, 0.1) is 82.1 Å². The molecule has 8 nitrogen and oxygen atoms in total. The van der Waals surface area contributed by atoms with E-state index < -0.39 is 32.3 Å². The van der Waals surface area contributed by atoms with Crippen LogP contribution in [0.4, 0.5) is 0 Å². The van der Waals surface area contributed by atoms with Gasteiger partial charge in [0.05, 0.1) is 32.3 Å². The normalized spacial score (nSPS) is 11.4. The summed E-state index contributed by atoms with van der Waals surface area (Å²) < 4.78 is 0. The molecule has 0 amide bonds. The molecule has 1 saturated carbocycles. The van der Waals surface area contributed by atoms with Crippen LogP contribution in [0.15, 0.2) is 365 Å². The van der Waals surface area contributed by atoms with Crippen LogP contribution in [0.5, 0.6) is 0 Å². The van der Waals surface area contributed by atoms with Gasteiger partial charge in [-0.25, -0.2) is 0 Å². The summed E-state index contributed by atoms with van der Waals surface area (Å²) in [4.78, 5) is 36.0. The van der Waals surface area contributed by atoms with Gasteiger partial charge in [-0.05, 0) is 145 Å². The molecular formula is C130H138Ir4N8Si4-8.